The molecule has 0 bridgehead atoms. The molecule has 0 saturated heterocycles. The number of carbonyl (C=O) groups excluding carboxylic acids is 2. The molecule has 0 saturated carbocycles. The molecule has 19 heavy (non-hydrogen) atoms. The van der Waals surface area contributed by atoms with Gasteiger partial charge in [0.2, 0.25) is 5.91 Å². The van der Waals surface area contributed by atoms with Gasteiger partial charge in [-0.25, -0.2) is 4.79 Å². The average molecular weight is 265 g/mol. The fraction of sp³-hybridized carbons (Fsp3) is 0.429. The molecule has 0 unspecified atom stereocenters. The summed E-state index contributed by atoms with van der Waals surface area (Å²) in [5.74, 6) is -0.0983. The lowest BCUT2D eigenvalue weighted by atomic mass is 10.2. The number of carbonyl (C=O) groups is 2. The highest BCUT2D eigenvalue weighted by molar-refractivity contribution is 5.88. The van der Waals surface area contributed by atoms with Crippen LogP contribution in [-0.4, -0.2) is 24.1 Å². The summed E-state index contributed by atoms with van der Waals surface area (Å²) in [7, 11) is 0. The Hall–Kier alpha value is -2.04. The van der Waals surface area contributed by atoms with Crippen LogP contribution in [-0.2, 0) is 14.3 Å². The van der Waals surface area contributed by atoms with Crippen molar-refractivity contribution in [1.82, 2.24) is 0 Å². The maximum Gasteiger partial charge on any atom is 0.344 e. The summed E-state index contributed by atoms with van der Waals surface area (Å²) in [6.07, 6.45) is 0. The van der Waals surface area contributed by atoms with Gasteiger partial charge in [-0.2, -0.15) is 0 Å². The molecule has 0 aliphatic rings. The van der Waals surface area contributed by atoms with E-state index in [9.17, 15) is 9.59 Å². The van der Waals surface area contributed by atoms with Crippen LogP contribution < -0.4 is 10.1 Å². The van der Waals surface area contributed by atoms with Crippen LogP contribution in [0.15, 0.2) is 24.3 Å². The van der Waals surface area contributed by atoms with Crippen molar-refractivity contribution >= 4 is 17.6 Å². The normalized spacial score (nSPS) is 10.7. The number of benzene rings is 1. The first-order valence-corrected chi connectivity index (χ1v) is 5.98. The summed E-state index contributed by atoms with van der Waals surface area (Å²) in [4.78, 5) is 22.4. The summed E-state index contributed by atoms with van der Waals surface area (Å²) in [5.41, 5.74) is 0.0903. The van der Waals surface area contributed by atoms with Gasteiger partial charge < -0.3 is 14.8 Å². The largest absolute Gasteiger partial charge is 0.482 e. The number of hydrogen-bond donors (Lipinski definition) is 1. The summed E-state index contributed by atoms with van der Waals surface area (Å²) < 4.78 is 10.4. The molecule has 0 heterocycles. The fourth-order valence-corrected chi connectivity index (χ4v) is 1.38. The van der Waals surface area contributed by atoms with Crippen LogP contribution in [0, 0.1) is 0 Å². The number of rotatable bonds is 4. The Kier molecular flexibility index (Phi) is 4.92. The molecule has 5 heteroatoms. The van der Waals surface area contributed by atoms with Gasteiger partial charge in [-0.1, -0.05) is 6.07 Å². The zero-order valence-electron chi connectivity index (χ0n) is 11.6. The van der Waals surface area contributed by atoms with E-state index >= 15 is 0 Å². The Bertz CT molecular complexity index is 463. The quantitative estimate of drug-likeness (QED) is 0.849. The van der Waals surface area contributed by atoms with Crippen molar-refractivity contribution in [2.45, 2.75) is 33.3 Å². The van der Waals surface area contributed by atoms with Crippen LogP contribution >= 0.6 is 0 Å². The molecule has 1 aromatic carbocycles. The van der Waals surface area contributed by atoms with Gasteiger partial charge in [-0.05, 0) is 32.9 Å². The summed E-state index contributed by atoms with van der Waals surface area (Å²) in [5, 5.41) is 2.64. The molecular weight excluding hydrogens is 246 g/mol. The van der Waals surface area contributed by atoms with Crippen LogP contribution in [0.4, 0.5) is 5.69 Å². The molecule has 104 valence electrons. The molecule has 0 atom stereocenters. The van der Waals surface area contributed by atoms with Crippen molar-refractivity contribution in [2.24, 2.45) is 0 Å². The first kappa shape index (κ1) is 15.0. The lowest BCUT2D eigenvalue weighted by Gasteiger charge is -2.19. The van der Waals surface area contributed by atoms with Crippen LogP contribution in [0.25, 0.3) is 0 Å². The predicted molar refractivity (Wildman–Crippen MR) is 72.1 cm³/mol. The first-order valence-electron chi connectivity index (χ1n) is 5.98. The van der Waals surface area contributed by atoms with Crippen LogP contribution in [0.1, 0.15) is 27.7 Å². The zero-order chi connectivity index (χ0) is 14.5. The lowest BCUT2D eigenvalue weighted by Crippen LogP contribution is -2.27. The Morgan fingerprint density at radius 2 is 1.95 bits per heavy atom. The van der Waals surface area contributed by atoms with Gasteiger partial charge in [0.25, 0.3) is 0 Å². The Labute approximate surface area is 112 Å². The lowest BCUT2D eigenvalue weighted by molar-refractivity contribution is -0.157. The van der Waals surface area contributed by atoms with E-state index < -0.39 is 11.6 Å². The van der Waals surface area contributed by atoms with E-state index in [4.69, 9.17) is 9.47 Å². The third kappa shape index (κ3) is 6.45. The minimum Gasteiger partial charge on any atom is -0.482 e. The smallest absolute Gasteiger partial charge is 0.344 e. The third-order valence-corrected chi connectivity index (χ3v) is 1.93. The van der Waals surface area contributed by atoms with E-state index in [2.05, 4.69) is 5.32 Å². The number of esters is 1. The van der Waals surface area contributed by atoms with Crippen LogP contribution in [0.5, 0.6) is 5.75 Å². The van der Waals surface area contributed by atoms with Gasteiger partial charge in [0.1, 0.15) is 11.4 Å². The minimum absolute atomic E-state index is 0.163. The van der Waals surface area contributed by atoms with Crippen LogP contribution in [0.3, 0.4) is 0 Å². The molecule has 1 rings (SSSR count). The number of amides is 1. The zero-order valence-corrected chi connectivity index (χ0v) is 11.6. The van der Waals surface area contributed by atoms with Gasteiger partial charge in [-0.3, -0.25) is 4.79 Å². The van der Waals surface area contributed by atoms with Gasteiger partial charge in [0.15, 0.2) is 6.61 Å². The molecule has 0 aliphatic carbocycles. The van der Waals surface area contributed by atoms with Gasteiger partial charge in [-0.15, -0.1) is 0 Å². The van der Waals surface area contributed by atoms with Crippen molar-refractivity contribution in [1.29, 1.82) is 0 Å². The SMILES string of the molecule is CC(=O)Nc1cccc(OCC(=O)OC(C)(C)C)c1. The van der Waals surface area contributed by atoms with E-state index in [-0.39, 0.29) is 12.5 Å². The second-order valence-electron chi connectivity index (χ2n) is 5.08. The molecule has 1 aromatic rings. The molecule has 0 radical (unpaired) electrons. The van der Waals surface area contributed by atoms with Crippen molar-refractivity contribution in [3.8, 4) is 5.75 Å². The molecule has 0 aromatic heterocycles. The Morgan fingerprint density at radius 1 is 1.26 bits per heavy atom. The molecule has 1 N–H and O–H groups in total. The second-order valence-corrected chi connectivity index (χ2v) is 5.08. The van der Waals surface area contributed by atoms with E-state index in [1.54, 1.807) is 45.0 Å². The summed E-state index contributed by atoms with van der Waals surface area (Å²) in [6, 6.07) is 6.82. The van der Waals surface area contributed by atoms with Crippen LogP contribution in [0.2, 0.25) is 0 Å². The highest BCUT2D eigenvalue weighted by Crippen LogP contribution is 2.17. The maximum atomic E-state index is 11.5. The highest BCUT2D eigenvalue weighted by Gasteiger charge is 2.16. The molecule has 5 nitrogen and oxygen atoms in total. The minimum atomic E-state index is -0.529. The van der Waals surface area contributed by atoms with Gasteiger partial charge >= 0.3 is 5.97 Å². The number of anilines is 1. The highest BCUT2D eigenvalue weighted by atomic mass is 16.6. The summed E-state index contributed by atoms with van der Waals surface area (Å²) >= 11 is 0. The van der Waals surface area contributed by atoms with Crippen molar-refractivity contribution in [2.75, 3.05) is 11.9 Å². The van der Waals surface area contributed by atoms with Crippen molar-refractivity contribution < 1.29 is 19.1 Å². The monoisotopic (exact) mass is 265 g/mol. The third-order valence-electron chi connectivity index (χ3n) is 1.93. The first-order chi connectivity index (χ1) is 8.76. The Morgan fingerprint density at radius 3 is 2.53 bits per heavy atom. The molecule has 0 spiro atoms. The number of nitrogens with one attached hydrogen (secondary N) is 1. The van der Waals surface area contributed by atoms with Crippen molar-refractivity contribution in [3.63, 3.8) is 0 Å². The topological polar surface area (TPSA) is 64.6 Å². The second kappa shape index (κ2) is 6.22. The molecule has 0 fully saturated rings. The Balaban J connectivity index is 2.53. The van der Waals surface area contributed by atoms with E-state index in [0.717, 1.165) is 0 Å². The number of ether oxygens (including phenoxy) is 2. The van der Waals surface area contributed by atoms with Crippen molar-refractivity contribution in [3.05, 3.63) is 24.3 Å². The van der Waals surface area contributed by atoms with Gasteiger partial charge in [0.05, 0.1) is 0 Å². The standard InChI is InChI=1S/C14H19NO4/c1-10(16)15-11-6-5-7-12(8-11)18-9-13(17)19-14(2,3)4/h5-8H,9H2,1-4H3,(H,15,16). The molecule has 1 amide bonds. The molecular formula is C14H19NO4. The average Bonchev–Trinajstić information content (AvgIpc) is 2.23. The fourth-order valence-electron chi connectivity index (χ4n) is 1.38. The number of hydrogen-bond acceptors (Lipinski definition) is 4. The van der Waals surface area contributed by atoms with E-state index in [1.165, 1.54) is 6.92 Å². The van der Waals surface area contributed by atoms with E-state index in [1.807, 2.05) is 0 Å². The molecule has 0 aliphatic heterocycles. The summed E-state index contributed by atoms with van der Waals surface area (Å²) in [6.45, 7) is 6.64. The van der Waals surface area contributed by atoms with Gasteiger partial charge in [0, 0.05) is 18.7 Å². The predicted octanol–water partition coefficient (Wildman–Crippen LogP) is 2.37. The maximum absolute atomic E-state index is 11.5. The van der Waals surface area contributed by atoms with E-state index in [0.29, 0.717) is 11.4 Å².